The number of aliphatic hydroxyl groups is 2. The van der Waals surface area contributed by atoms with Crippen molar-refractivity contribution in [2.45, 2.75) is 25.6 Å². The Morgan fingerprint density at radius 1 is 1.40 bits per heavy atom. The first kappa shape index (κ1) is 11.7. The lowest BCUT2D eigenvalue weighted by Crippen LogP contribution is -2.11. The van der Waals surface area contributed by atoms with Gasteiger partial charge in [-0.25, -0.2) is 4.79 Å². The molecule has 0 bridgehead atoms. The number of rotatable bonds is 4. The zero-order chi connectivity index (χ0) is 11.4. The van der Waals surface area contributed by atoms with Gasteiger partial charge in [-0.3, -0.25) is 0 Å². The van der Waals surface area contributed by atoms with Crippen LogP contribution in [-0.4, -0.2) is 27.4 Å². The summed E-state index contributed by atoms with van der Waals surface area (Å²) in [6, 6.07) is 6.58. The molecule has 1 rings (SSSR count). The molecule has 0 heterocycles. The molecule has 0 fully saturated rings. The van der Waals surface area contributed by atoms with E-state index in [4.69, 9.17) is 10.2 Å². The number of carbonyl (C=O) groups is 1. The van der Waals surface area contributed by atoms with Crippen LogP contribution in [0.25, 0.3) is 0 Å². The maximum absolute atomic E-state index is 10.5. The third-order valence-electron chi connectivity index (χ3n) is 2.03. The van der Waals surface area contributed by atoms with Crippen molar-refractivity contribution in [2.24, 2.45) is 0 Å². The molecule has 2 unspecified atom stereocenters. The van der Waals surface area contributed by atoms with E-state index in [-0.39, 0.29) is 0 Å². The summed E-state index contributed by atoms with van der Waals surface area (Å²) < 4.78 is 0. The van der Waals surface area contributed by atoms with E-state index in [0.29, 0.717) is 12.0 Å². The maximum atomic E-state index is 10.5. The number of hydrogen-bond acceptors (Lipinski definition) is 3. The van der Waals surface area contributed by atoms with Gasteiger partial charge in [0.05, 0.1) is 6.10 Å². The van der Waals surface area contributed by atoms with E-state index in [1.807, 2.05) is 0 Å². The van der Waals surface area contributed by atoms with Gasteiger partial charge in [-0.2, -0.15) is 0 Å². The normalized spacial score (nSPS) is 14.6. The molecule has 4 heteroatoms. The standard InChI is InChI=1S/C11H14O4/c1-7(12)5-8-3-2-4-9(6-8)10(13)11(14)15/h2-4,6-7,10,12-13H,5H2,1H3,(H,14,15). The molecule has 82 valence electrons. The van der Waals surface area contributed by atoms with Crippen molar-refractivity contribution < 1.29 is 20.1 Å². The van der Waals surface area contributed by atoms with Crippen molar-refractivity contribution in [2.75, 3.05) is 0 Å². The van der Waals surface area contributed by atoms with Crippen LogP contribution in [0, 0.1) is 0 Å². The minimum absolute atomic E-state index is 0.334. The van der Waals surface area contributed by atoms with Crippen LogP contribution in [0.4, 0.5) is 0 Å². The summed E-state index contributed by atoms with van der Waals surface area (Å²) in [6.45, 7) is 1.65. The summed E-state index contributed by atoms with van der Waals surface area (Å²) in [4.78, 5) is 10.5. The Bertz CT molecular complexity index is 346. The highest BCUT2D eigenvalue weighted by atomic mass is 16.4. The van der Waals surface area contributed by atoms with E-state index in [1.54, 1.807) is 31.2 Å². The molecule has 2 atom stereocenters. The van der Waals surface area contributed by atoms with Crippen molar-refractivity contribution in [1.29, 1.82) is 0 Å². The average Bonchev–Trinajstić information content (AvgIpc) is 2.16. The Morgan fingerprint density at radius 2 is 2.07 bits per heavy atom. The predicted octanol–water partition coefficient (Wildman–Crippen LogP) is 0.728. The molecule has 0 aliphatic rings. The Balaban J connectivity index is 2.87. The molecule has 15 heavy (non-hydrogen) atoms. The SMILES string of the molecule is CC(O)Cc1cccc(C(O)C(=O)O)c1. The fourth-order valence-electron chi connectivity index (χ4n) is 1.37. The van der Waals surface area contributed by atoms with E-state index in [1.165, 1.54) is 0 Å². The van der Waals surface area contributed by atoms with Gasteiger partial charge in [-0.05, 0) is 24.5 Å². The van der Waals surface area contributed by atoms with Gasteiger partial charge in [-0.1, -0.05) is 24.3 Å². The number of benzene rings is 1. The van der Waals surface area contributed by atoms with E-state index in [0.717, 1.165) is 5.56 Å². The average molecular weight is 210 g/mol. The molecule has 0 aromatic heterocycles. The van der Waals surface area contributed by atoms with E-state index < -0.39 is 18.2 Å². The summed E-state index contributed by atoms with van der Waals surface area (Å²) in [5, 5.41) is 27.1. The molecule has 4 nitrogen and oxygen atoms in total. The second kappa shape index (κ2) is 4.91. The lowest BCUT2D eigenvalue weighted by atomic mass is 10.0. The van der Waals surface area contributed by atoms with Crippen LogP contribution in [0.5, 0.6) is 0 Å². The highest BCUT2D eigenvalue weighted by molar-refractivity contribution is 5.74. The van der Waals surface area contributed by atoms with E-state index >= 15 is 0 Å². The van der Waals surface area contributed by atoms with Crippen LogP contribution in [0.3, 0.4) is 0 Å². The van der Waals surface area contributed by atoms with Crippen molar-refractivity contribution in [1.82, 2.24) is 0 Å². The second-order valence-electron chi connectivity index (χ2n) is 3.54. The molecule has 1 aromatic rings. The third-order valence-corrected chi connectivity index (χ3v) is 2.03. The second-order valence-corrected chi connectivity index (χ2v) is 3.54. The van der Waals surface area contributed by atoms with Crippen LogP contribution in [-0.2, 0) is 11.2 Å². The Morgan fingerprint density at radius 3 is 2.60 bits per heavy atom. The predicted molar refractivity (Wildman–Crippen MR) is 54.4 cm³/mol. The van der Waals surface area contributed by atoms with Gasteiger partial charge in [0.2, 0.25) is 0 Å². The lowest BCUT2D eigenvalue weighted by molar-refractivity contribution is -0.146. The van der Waals surface area contributed by atoms with Crippen molar-refractivity contribution >= 4 is 5.97 Å². The first-order valence-electron chi connectivity index (χ1n) is 4.68. The minimum Gasteiger partial charge on any atom is -0.479 e. The Labute approximate surface area is 87.8 Å². The smallest absolute Gasteiger partial charge is 0.337 e. The van der Waals surface area contributed by atoms with Gasteiger partial charge >= 0.3 is 5.97 Å². The molecule has 0 saturated heterocycles. The fraction of sp³-hybridized carbons (Fsp3) is 0.364. The molecule has 3 N–H and O–H groups in total. The fourth-order valence-corrected chi connectivity index (χ4v) is 1.37. The van der Waals surface area contributed by atoms with E-state index in [2.05, 4.69) is 0 Å². The summed E-state index contributed by atoms with van der Waals surface area (Å²) in [6.07, 6.45) is -1.54. The van der Waals surface area contributed by atoms with Crippen LogP contribution < -0.4 is 0 Å². The monoisotopic (exact) mass is 210 g/mol. The quantitative estimate of drug-likeness (QED) is 0.684. The van der Waals surface area contributed by atoms with Crippen LogP contribution in [0.2, 0.25) is 0 Å². The lowest BCUT2D eigenvalue weighted by Gasteiger charge is -2.09. The van der Waals surface area contributed by atoms with Crippen molar-refractivity contribution in [3.8, 4) is 0 Å². The van der Waals surface area contributed by atoms with Gasteiger partial charge in [-0.15, -0.1) is 0 Å². The maximum Gasteiger partial charge on any atom is 0.337 e. The van der Waals surface area contributed by atoms with Gasteiger partial charge < -0.3 is 15.3 Å². The summed E-state index contributed by atoms with van der Waals surface area (Å²) in [7, 11) is 0. The summed E-state index contributed by atoms with van der Waals surface area (Å²) in [5.41, 5.74) is 1.14. The molecular formula is C11H14O4. The van der Waals surface area contributed by atoms with E-state index in [9.17, 15) is 9.90 Å². The first-order chi connectivity index (χ1) is 7.00. The van der Waals surface area contributed by atoms with Gasteiger partial charge in [0.25, 0.3) is 0 Å². The molecule has 0 saturated carbocycles. The third kappa shape index (κ3) is 3.34. The number of carboxylic acids is 1. The zero-order valence-corrected chi connectivity index (χ0v) is 8.42. The molecule has 1 aromatic carbocycles. The largest absolute Gasteiger partial charge is 0.479 e. The molecule has 0 radical (unpaired) electrons. The molecular weight excluding hydrogens is 196 g/mol. The highest BCUT2D eigenvalue weighted by Gasteiger charge is 2.15. The summed E-state index contributed by atoms with van der Waals surface area (Å²) >= 11 is 0. The topological polar surface area (TPSA) is 77.8 Å². The summed E-state index contributed by atoms with van der Waals surface area (Å²) in [5.74, 6) is -1.27. The molecule has 0 aliphatic carbocycles. The first-order valence-corrected chi connectivity index (χ1v) is 4.68. The van der Waals surface area contributed by atoms with Gasteiger partial charge in [0.15, 0.2) is 6.10 Å². The minimum atomic E-state index is -1.50. The van der Waals surface area contributed by atoms with Crippen molar-refractivity contribution in [3.63, 3.8) is 0 Å². The number of aliphatic hydroxyl groups excluding tert-OH is 2. The van der Waals surface area contributed by atoms with Crippen LogP contribution in [0.15, 0.2) is 24.3 Å². The number of hydrogen-bond donors (Lipinski definition) is 3. The van der Waals surface area contributed by atoms with Gasteiger partial charge in [0, 0.05) is 0 Å². The molecule has 0 spiro atoms. The zero-order valence-electron chi connectivity index (χ0n) is 8.42. The Hall–Kier alpha value is -1.39. The molecule has 0 aliphatic heterocycles. The highest BCUT2D eigenvalue weighted by Crippen LogP contribution is 2.15. The number of carboxylic acid groups (broad SMARTS) is 1. The van der Waals surface area contributed by atoms with Crippen molar-refractivity contribution in [3.05, 3.63) is 35.4 Å². The van der Waals surface area contributed by atoms with Gasteiger partial charge in [0.1, 0.15) is 0 Å². The Kier molecular flexibility index (Phi) is 3.82. The number of aliphatic carboxylic acids is 1. The van der Waals surface area contributed by atoms with Crippen LogP contribution in [0.1, 0.15) is 24.2 Å². The molecule has 0 amide bonds. The van der Waals surface area contributed by atoms with Crippen LogP contribution >= 0.6 is 0 Å².